The molecule has 0 aliphatic heterocycles. The fourth-order valence-electron chi connectivity index (χ4n) is 2.35. The van der Waals surface area contributed by atoms with Crippen molar-refractivity contribution in [2.75, 3.05) is 0 Å². The minimum absolute atomic E-state index is 0.262. The SMILES string of the molecule is CCCc1ccc(C(C)NS(=O)(=O)c2ccc(C)cc2)cc1. The second-order valence-corrected chi connectivity index (χ2v) is 7.36. The van der Waals surface area contributed by atoms with Gasteiger partial charge in [-0.2, -0.15) is 0 Å². The first-order chi connectivity index (χ1) is 10.4. The van der Waals surface area contributed by atoms with Crippen molar-refractivity contribution in [2.45, 2.75) is 44.6 Å². The summed E-state index contributed by atoms with van der Waals surface area (Å²) < 4.78 is 27.5. The van der Waals surface area contributed by atoms with Crippen molar-refractivity contribution in [3.8, 4) is 0 Å². The molecule has 1 N–H and O–H groups in total. The molecule has 2 aromatic rings. The first-order valence-corrected chi connectivity index (χ1v) is 9.08. The zero-order valence-corrected chi connectivity index (χ0v) is 14.2. The van der Waals surface area contributed by atoms with Gasteiger partial charge in [-0.15, -0.1) is 0 Å². The standard InChI is InChI=1S/C18H23NO2S/c1-4-5-16-8-10-17(11-9-16)15(3)19-22(20,21)18-12-6-14(2)7-13-18/h6-13,15,19H,4-5H2,1-3H3. The molecule has 2 aromatic carbocycles. The van der Waals surface area contributed by atoms with Gasteiger partial charge in [0.25, 0.3) is 0 Å². The summed E-state index contributed by atoms with van der Waals surface area (Å²) in [6.45, 7) is 5.94. The molecule has 1 unspecified atom stereocenters. The fraction of sp³-hybridized carbons (Fsp3) is 0.333. The molecule has 2 rings (SSSR count). The number of rotatable bonds is 6. The van der Waals surface area contributed by atoms with Crippen LogP contribution in [-0.4, -0.2) is 8.42 Å². The predicted molar refractivity (Wildman–Crippen MR) is 90.4 cm³/mol. The van der Waals surface area contributed by atoms with Crippen LogP contribution in [0, 0.1) is 6.92 Å². The number of sulfonamides is 1. The zero-order chi connectivity index (χ0) is 16.2. The largest absolute Gasteiger partial charge is 0.241 e. The Morgan fingerprint density at radius 2 is 1.59 bits per heavy atom. The van der Waals surface area contributed by atoms with E-state index in [0.717, 1.165) is 24.0 Å². The highest BCUT2D eigenvalue weighted by Gasteiger charge is 2.18. The number of hydrogen-bond acceptors (Lipinski definition) is 2. The second kappa shape index (κ2) is 7.07. The molecule has 0 radical (unpaired) electrons. The van der Waals surface area contributed by atoms with Crippen LogP contribution in [0.1, 0.15) is 43.0 Å². The molecule has 0 heterocycles. The molecule has 1 atom stereocenters. The number of hydrogen-bond donors (Lipinski definition) is 1. The highest BCUT2D eigenvalue weighted by molar-refractivity contribution is 7.89. The maximum Gasteiger partial charge on any atom is 0.241 e. The van der Waals surface area contributed by atoms with E-state index in [1.165, 1.54) is 5.56 Å². The van der Waals surface area contributed by atoms with Crippen LogP contribution in [0.3, 0.4) is 0 Å². The van der Waals surface area contributed by atoms with Gasteiger partial charge in [-0.05, 0) is 43.5 Å². The van der Waals surface area contributed by atoms with Gasteiger partial charge in [0.1, 0.15) is 0 Å². The Morgan fingerprint density at radius 3 is 2.14 bits per heavy atom. The van der Waals surface area contributed by atoms with Crippen LogP contribution in [0.25, 0.3) is 0 Å². The molecule has 0 bridgehead atoms. The van der Waals surface area contributed by atoms with E-state index in [1.54, 1.807) is 24.3 Å². The molecule has 0 saturated carbocycles. The van der Waals surface area contributed by atoms with Crippen LogP contribution >= 0.6 is 0 Å². The van der Waals surface area contributed by atoms with Gasteiger partial charge in [0.15, 0.2) is 0 Å². The summed E-state index contributed by atoms with van der Waals surface area (Å²) in [5.41, 5.74) is 3.29. The lowest BCUT2D eigenvalue weighted by Gasteiger charge is -2.15. The van der Waals surface area contributed by atoms with E-state index in [1.807, 2.05) is 26.0 Å². The molecule has 0 amide bonds. The van der Waals surface area contributed by atoms with Crippen LogP contribution in [0.15, 0.2) is 53.4 Å². The van der Waals surface area contributed by atoms with Crippen LogP contribution in [0.4, 0.5) is 0 Å². The summed E-state index contributed by atoms with van der Waals surface area (Å²) in [4.78, 5) is 0.299. The monoisotopic (exact) mass is 317 g/mol. The third-order valence-electron chi connectivity index (χ3n) is 3.68. The van der Waals surface area contributed by atoms with Crippen molar-refractivity contribution in [1.29, 1.82) is 0 Å². The highest BCUT2D eigenvalue weighted by atomic mass is 32.2. The topological polar surface area (TPSA) is 46.2 Å². The van der Waals surface area contributed by atoms with Gasteiger partial charge in [0, 0.05) is 6.04 Å². The smallest absolute Gasteiger partial charge is 0.207 e. The Kier molecular flexibility index (Phi) is 5.37. The van der Waals surface area contributed by atoms with Gasteiger partial charge in [-0.25, -0.2) is 13.1 Å². The molecule has 0 saturated heterocycles. The lowest BCUT2D eigenvalue weighted by molar-refractivity contribution is 0.567. The van der Waals surface area contributed by atoms with E-state index < -0.39 is 10.0 Å². The Bertz CT molecular complexity index is 704. The molecule has 0 aromatic heterocycles. The van der Waals surface area contributed by atoms with Crippen LogP contribution in [0.2, 0.25) is 0 Å². The number of benzene rings is 2. The van der Waals surface area contributed by atoms with Crippen molar-refractivity contribution in [1.82, 2.24) is 4.72 Å². The van der Waals surface area contributed by atoms with Gasteiger partial charge in [0.2, 0.25) is 10.0 Å². The first-order valence-electron chi connectivity index (χ1n) is 7.60. The van der Waals surface area contributed by atoms with Crippen molar-refractivity contribution < 1.29 is 8.42 Å². The average molecular weight is 317 g/mol. The molecule has 0 aliphatic carbocycles. The van der Waals surface area contributed by atoms with Crippen molar-refractivity contribution >= 4 is 10.0 Å². The first kappa shape index (κ1) is 16.7. The van der Waals surface area contributed by atoms with E-state index in [9.17, 15) is 8.42 Å². The van der Waals surface area contributed by atoms with Gasteiger partial charge in [-0.3, -0.25) is 0 Å². The minimum atomic E-state index is -3.49. The summed E-state index contributed by atoms with van der Waals surface area (Å²) in [6.07, 6.45) is 2.15. The molecular formula is C18H23NO2S. The molecular weight excluding hydrogens is 294 g/mol. The van der Waals surface area contributed by atoms with E-state index >= 15 is 0 Å². The molecule has 4 heteroatoms. The maximum absolute atomic E-state index is 12.4. The highest BCUT2D eigenvalue weighted by Crippen LogP contribution is 2.18. The quantitative estimate of drug-likeness (QED) is 0.875. The van der Waals surface area contributed by atoms with Crippen molar-refractivity contribution in [3.05, 3.63) is 65.2 Å². The lowest BCUT2D eigenvalue weighted by atomic mass is 10.0. The van der Waals surface area contributed by atoms with Crippen molar-refractivity contribution in [3.63, 3.8) is 0 Å². The fourth-order valence-corrected chi connectivity index (χ4v) is 3.58. The predicted octanol–water partition coefficient (Wildman–Crippen LogP) is 3.99. The summed E-state index contributed by atoms with van der Waals surface area (Å²) in [5.74, 6) is 0. The number of aryl methyl sites for hydroxylation is 2. The van der Waals surface area contributed by atoms with Crippen LogP contribution < -0.4 is 4.72 Å². The lowest BCUT2D eigenvalue weighted by Crippen LogP contribution is -2.26. The summed E-state index contributed by atoms with van der Waals surface area (Å²) in [7, 11) is -3.49. The Hall–Kier alpha value is -1.65. The van der Waals surface area contributed by atoms with Gasteiger partial charge in [0.05, 0.1) is 4.90 Å². The molecule has 118 valence electrons. The van der Waals surface area contributed by atoms with Gasteiger partial charge >= 0.3 is 0 Å². The normalized spacial score (nSPS) is 13.0. The molecule has 0 fully saturated rings. The second-order valence-electron chi connectivity index (χ2n) is 5.65. The third-order valence-corrected chi connectivity index (χ3v) is 5.24. The molecule has 0 spiro atoms. The minimum Gasteiger partial charge on any atom is -0.207 e. The van der Waals surface area contributed by atoms with E-state index in [0.29, 0.717) is 4.90 Å². The molecule has 3 nitrogen and oxygen atoms in total. The van der Waals surface area contributed by atoms with Crippen LogP contribution in [-0.2, 0) is 16.4 Å². The third kappa shape index (κ3) is 4.18. The maximum atomic E-state index is 12.4. The Morgan fingerprint density at radius 1 is 1.00 bits per heavy atom. The summed E-state index contributed by atoms with van der Waals surface area (Å²) in [6, 6.07) is 14.7. The molecule has 22 heavy (non-hydrogen) atoms. The van der Waals surface area contributed by atoms with Gasteiger partial charge < -0.3 is 0 Å². The summed E-state index contributed by atoms with van der Waals surface area (Å²) in [5, 5.41) is 0. The number of nitrogens with one attached hydrogen (secondary N) is 1. The summed E-state index contributed by atoms with van der Waals surface area (Å²) >= 11 is 0. The van der Waals surface area contributed by atoms with E-state index in [-0.39, 0.29) is 6.04 Å². The Balaban J connectivity index is 2.13. The zero-order valence-electron chi connectivity index (χ0n) is 13.3. The Labute approximate surface area is 133 Å². The van der Waals surface area contributed by atoms with E-state index in [4.69, 9.17) is 0 Å². The molecule has 0 aliphatic rings. The van der Waals surface area contributed by atoms with E-state index in [2.05, 4.69) is 23.8 Å². The van der Waals surface area contributed by atoms with Crippen molar-refractivity contribution in [2.24, 2.45) is 0 Å². The average Bonchev–Trinajstić information content (AvgIpc) is 2.48. The van der Waals surface area contributed by atoms with Crippen LogP contribution in [0.5, 0.6) is 0 Å². The van der Waals surface area contributed by atoms with Gasteiger partial charge in [-0.1, -0.05) is 55.3 Å².